The number of hydrogen-bond donors (Lipinski definition) is 1. The molecule has 23 heavy (non-hydrogen) atoms. The highest BCUT2D eigenvalue weighted by molar-refractivity contribution is 6.31. The Morgan fingerprint density at radius 2 is 1.91 bits per heavy atom. The van der Waals surface area contributed by atoms with E-state index in [1.807, 2.05) is 61.5 Å². The Morgan fingerprint density at radius 3 is 2.74 bits per heavy atom. The van der Waals surface area contributed by atoms with E-state index in [4.69, 9.17) is 11.6 Å². The minimum atomic E-state index is -0.188. The molecule has 0 bridgehead atoms. The molecule has 0 unspecified atom stereocenters. The van der Waals surface area contributed by atoms with Crippen molar-refractivity contribution in [3.05, 3.63) is 77.0 Å². The molecule has 0 fully saturated rings. The fourth-order valence-corrected chi connectivity index (χ4v) is 2.41. The van der Waals surface area contributed by atoms with Gasteiger partial charge < -0.3 is 5.32 Å². The van der Waals surface area contributed by atoms with Crippen LogP contribution >= 0.6 is 11.6 Å². The Labute approximate surface area is 139 Å². The van der Waals surface area contributed by atoms with Gasteiger partial charge in [-0.05, 0) is 42.8 Å². The number of aromatic nitrogens is 1. The van der Waals surface area contributed by atoms with Gasteiger partial charge in [0.05, 0.1) is 11.2 Å². The third-order valence-electron chi connectivity index (χ3n) is 3.48. The van der Waals surface area contributed by atoms with E-state index in [1.165, 1.54) is 6.08 Å². The van der Waals surface area contributed by atoms with Crippen LogP contribution in [0.3, 0.4) is 0 Å². The molecule has 1 N–H and O–H groups in total. The molecule has 2 aromatic carbocycles. The summed E-state index contributed by atoms with van der Waals surface area (Å²) in [7, 11) is 0. The number of fused-ring (bicyclic) bond motifs is 1. The lowest BCUT2D eigenvalue weighted by molar-refractivity contribution is -0.111. The molecular formula is C19H15ClN2O. The molecular weight excluding hydrogens is 308 g/mol. The van der Waals surface area contributed by atoms with Crippen LogP contribution in [0.25, 0.3) is 17.0 Å². The van der Waals surface area contributed by atoms with Crippen LogP contribution in [0.4, 0.5) is 5.69 Å². The van der Waals surface area contributed by atoms with E-state index in [9.17, 15) is 4.79 Å². The van der Waals surface area contributed by atoms with Gasteiger partial charge in [-0.3, -0.25) is 4.79 Å². The third kappa shape index (κ3) is 3.76. The van der Waals surface area contributed by atoms with Crippen LogP contribution in [0, 0.1) is 6.92 Å². The van der Waals surface area contributed by atoms with Crippen molar-refractivity contribution in [3.63, 3.8) is 0 Å². The molecule has 1 heterocycles. The minimum Gasteiger partial charge on any atom is -0.322 e. The predicted molar refractivity (Wildman–Crippen MR) is 95.6 cm³/mol. The van der Waals surface area contributed by atoms with Crippen molar-refractivity contribution < 1.29 is 4.79 Å². The van der Waals surface area contributed by atoms with Crippen LogP contribution in [0.2, 0.25) is 5.02 Å². The second-order valence-electron chi connectivity index (χ2n) is 5.21. The lowest BCUT2D eigenvalue weighted by Crippen LogP contribution is -2.08. The van der Waals surface area contributed by atoms with Crippen molar-refractivity contribution in [3.8, 4) is 0 Å². The van der Waals surface area contributed by atoms with E-state index in [2.05, 4.69) is 10.3 Å². The van der Waals surface area contributed by atoms with Gasteiger partial charge in [0, 0.05) is 22.2 Å². The highest BCUT2D eigenvalue weighted by Crippen LogP contribution is 2.18. The monoisotopic (exact) mass is 322 g/mol. The van der Waals surface area contributed by atoms with Crippen LogP contribution in [-0.2, 0) is 4.79 Å². The second-order valence-corrected chi connectivity index (χ2v) is 5.65. The first-order valence-electron chi connectivity index (χ1n) is 7.23. The summed E-state index contributed by atoms with van der Waals surface area (Å²) in [5.41, 5.74) is 3.34. The van der Waals surface area contributed by atoms with Gasteiger partial charge in [0.1, 0.15) is 0 Å². The number of hydrogen-bond acceptors (Lipinski definition) is 2. The third-order valence-corrected chi connectivity index (χ3v) is 3.72. The molecule has 3 rings (SSSR count). The number of anilines is 1. The fourth-order valence-electron chi connectivity index (χ4n) is 2.25. The lowest BCUT2D eigenvalue weighted by atomic mass is 10.2. The van der Waals surface area contributed by atoms with Crippen LogP contribution in [0.15, 0.2) is 60.7 Å². The summed E-state index contributed by atoms with van der Waals surface area (Å²) in [6.07, 6.45) is 3.17. The molecule has 0 atom stereocenters. The van der Waals surface area contributed by atoms with Crippen molar-refractivity contribution >= 4 is 40.2 Å². The molecule has 1 aromatic heterocycles. The summed E-state index contributed by atoms with van der Waals surface area (Å²) >= 11 is 5.98. The first-order chi connectivity index (χ1) is 11.1. The predicted octanol–water partition coefficient (Wildman–Crippen LogP) is 4.85. The zero-order valence-electron chi connectivity index (χ0n) is 12.6. The van der Waals surface area contributed by atoms with Gasteiger partial charge in [-0.25, -0.2) is 4.98 Å². The van der Waals surface area contributed by atoms with Gasteiger partial charge in [0.25, 0.3) is 0 Å². The molecule has 0 aliphatic carbocycles. The zero-order chi connectivity index (χ0) is 16.2. The molecule has 0 aliphatic heterocycles. The molecule has 114 valence electrons. The first-order valence-corrected chi connectivity index (χ1v) is 7.61. The number of nitrogens with one attached hydrogen (secondary N) is 1. The molecule has 3 aromatic rings. The van der Waals surface area contributed by atoms with Gasteiger partial charge >= 0.3 is 0 Å². The molecule has 4 heteroatoms. The molecule has 0 saturated carbocycles. The van der Waals surface area contributed by atoms with Gasteiger partial charge in [0.2, 0.25) is 5.91 Å². The normalized spacial score (nSPS) is 11.0. The Hall–Kier alpha value is -2.65. The van der Waals surface area contributed by atoms with Crippen molar-refractivity contribution in [2.75, 3.05) is 5.32 Å². The van der Waals surface area contributed by atoms with E-state index in [0.29, 0.717) is 10.7 Å². The second kappa shape index (κ2) is 6.63. The van der Waals surface area contributed by atoms with Gasteiger partial charge in [-0.15, -0.1) is 0 Å². The first kappa shape index (κ1) is 15.3. The zero-order valence-corrected chi connectivity index (χ0v) is 13.3. The van der Waals surface area contributed by atoms with Gasteiger partial charge in [-0.2, -0.15) is 0 Å². The highest BCUT2D eigenvalue weighted by Gasteiger charge is 2.01. The minimum absolute atomic E-state index is 0.188. The Morgan fingerprint density at radius 1 is 1.13 bits per heavy atom. The van der Waals surface area contributed by atoms with Crippen molar-refractivity contribution in [1.82, 2.24) is 4.98 Å². The van der Waals surface area contributed by atoms with E-state index >= 15 is 0 Å². The number of rotatable bonds is 3. The molecule has 0 radical (unpaired) electrons. The summed E-state index contributed by atoms with van der Waals surface area (Å²) in [5.74, 6) is -0.188. The van der Waals surface area contributed by atoms with E-state index in [1.54, 1.807) is 6.08 Å². The number of nitrogens with zero attached hydrogens (tertiary/aromatic N) is 1. The smallest absolute Gasteiger partial charge is 0.248 e. The largest absolute Gasteiger partial charge is 0.322 e. The number of aryl methyl sites for hydroxylation is 1. The molecule has 0 saturated heterocycles. The summed E-state index contributed by atoms with van der Waals surface area (Å²) in [5, 5.41) is 4.50. The topological polar surface area (TPSA) is 42.0 Å². The quantitative estimate of drug-likeness (QED) is 0.700. The number of carbonyl (C=O) groups excluding carboxylic acids is 1. The molecule has 1 amide bonds. The maximum absolute atomic E-state index is 12.0. The average molecular weight is 323 g/mol. The molecule has 3 nitrogen and oxygen atoms in total. The summed E-state index contributed by atoms with van der Waals surface area (Å²) in [6, 6.07) is 17.0. The van der Waals surface area contributed by atoms with Crippen molar-refractivity contribution in [2.24, 2.45) is 0 Å². The van der Waals surface area contributed by atoms with Gasteiger partial charge in [-0.1, -0.05) is 41.9 Å². The van der Waals surface area contributed by atoms with E-state index in [-0.39, 0.29) is 5.91 Å². The fraction of sp³-hybridized carbons (Fsp3) is 0.0526. The number of halogens is 1. The van der Waals surface area contributed by atoms with E-state index < -0.39 is 0 Å². The number of carbonyl (C=O) groups is 1. The average Bonchev–Trinajstić information content (AvgIpc) is 2.54. The van der Waals surface area contributed by atoms with Crippen LogP contribution in [0.5, 0.6) is 0 Å². The van der Waals surface area contributed by atoms with Crippen LogP contribution in [-0.4, -0.2) is 10.9 Å². The summed E-state index contributed by atoms with van der Waals surface area (Å²) < 4.78 is 0. The molecule has 0 aliphatic rings. The maximum Gasteiger partial charge on any atom is 0.248 e. The maximum atomic E-state index is 12.0. The Bertz CT molecular complexity index is 903. The van der Waals surface area contributed by atoms with Gasteiger partial charge in [0.15, 0.2) is 0 Å². The van der Waals surface area contributed by atoms with Crippen molar-refractivity contribution in [1.29, 1.82) is 0 Å². The number of pyridine rings is 1. The SMILES string of the molecule is Cc1ccccc1NC(=O)C=Cc1ccc2ccc(Cl)cc2n1. The number of para-hydroxylation sites is 1. The highest BCUT2D eigenvalue weighted by atomic mass is 35.5. The number of benzene rings is 2. The summed E-state index contributed by atoms with van der Waals surface area (Å²) in [6.45, 7) is 1.95. The molecule has 0 spiro atoms. The van der Waals surface area contributed by atoms with E-state index in [0.717, 1.165) is 22.2 Å². The number of amides is 1. The summed E-state index contributed by atoms with van der Waals surface area (Å²) in [4.78, 5) is 16.5. The van der Waals surface area contributed by atoms with Crippen LogP contribution in [0.1, 0.15) is 11.3 Å². The Balaban J connectivity index is 1.77. The Kier molecular flexibility index (Phi) is 4.40. The lowest BCUT2D eigenvalue weighted by Gasteiger charge is -2.05. The van der Waals surface area contributed by atoms with Crippen LogP contribution < -0.4 is 5.32 Å². The van der Waals surface area contributed by atoms with Crippen molar-refractivity contribution in [2.45, 2.75) is 6.92 Å². The standard InChI is InChI=1S/C19H15ClN2O/c1-13-4-2-3-5-17(13)22-19(23)11-10-16-9-7-14-6-8-15(20)12-18(14)21-16/h2-12H,1H3,(H,22,23).